The summed E-state index contributed by atoms with van der Waals surface area (Å²) in [6.07, 6.45) is 2.24. The normalized spacial score (nSPS) is 10.2. The standard InChI is InChI=1S/C15H22N2O2/c1-4-5-8-16-10-12-9-13(6-7-14(12)18)17-15(19)11(2)3/h6-7,9,16,18H,2,4-5,8,10H2,1,3H3,(H,17,19). The molecule has 0 saturated carbocycles. The summed E-state index contributed by atoms with van der Waals surface area (Å²) in [5.41, 5.74) is 1.89. The van der Waals surface area contributed by atoms with E-state index in [0.29, 0.717) is 17.8 Å². The van der Waals surface area contributed by atoms with Gasteiger partial charge in [-0.15, -0.1) is 0 Å². The molecule has 104 valence electrons. The van der Waals surface area contributed by atoms with Crippen molar-refractivity contribution in [2.75, 3.05) is 11.9 Å². The second-order valence-corrected chi connectivity index (χ2v) is 4.61. The molecular formula is C15H22N2O2. The predicted molar refractivity (Wildman–Crippen MR) is 78.2 cm³/mol. The van der Waals surface area contributed by atoms with Gasteiger partial charge in [0.1, 0.15) is 5.75 Å². The van der Waals surface area contributed by atoms with Gasteiger partial charge in [-0.25, -0.2) is 0 Å². The van der Waals surface area contributed by atoms with Crippen LogP contribution in [0, 0.1) is 0 Å². The molecule has 0 aromatic heterocycles. The van der Waals surface area contributed by atoms with Crippen LogP contribution >= 0.6 is 0 Å². The first-order valence-electron chi connectivity index (χ1n) is 6.54. The molecule has 0 aliphatic carbocycles. The van der Waals surface area contributed by atoms with E-state index >= 15 is 0 Å². The van der Waals surface area contributed by atoms with Gasteiger partial charge in [-0.05, 0) is 38.1 Å². The SMILES string of the molecule is C=C(C)C(=O)Nc1ccc(O)c(CNCCCC)c1. The molecule has 1 rings (SSSR count). The van der Waals surface area contributed by atoms with Crippen LogP contribution in [0.3, 0.4) is 0 Å². The fourth-order valence-corrected chi connectivity index (χ4v) is 1.57. The van der Waals surface area contributed by atoms with Crippen molar-refractivity contribution >= 4 is 11.6 Å². The van der Waals surface area contributed by atoms with Crippen molar-refractivity contribution in [2.24, 2.45) is 0 Å². The summed E-state index contributed by atoms with van der Waals surface area (Å²) in [6.45, 7) is 8.88. The average Bonchev–Trinajstić information content (AvgIpc) is 2.38. The van der Waals surface area contributed by atoms with Crippen LogP contribution in [0.15, 0.2) is 30.4 Å². The molecule has 1 aromatic rings. The van der Waals surface area contributed by atoms with Gasteiger partial charge in [0.15, 0.2) is 0 Å². The first-order chi connectivity index (χ1) is 9.04. The number of carbonyl (C=O) groups excluding carboxylic acids is 1. The summed E-state index contributed by atoms with van der Waals surface area (Å²) >= 11 is 0. The molecule has 0 radical (unpaired) electrons. The number of aromatic hydroxyl groups is 1. The Morgan fingerprint density at radius 3 is 2.79 bits per heavy atom. The van der Waals surface area contributed by atoms with Gasteiger partial charge < -0.3 is 15.7 Å². The van der Waals surface area contributed by atoms with Crippen LogP contribution in [0.25, 0.3) is 0 Å². The monoisotopic (exact) mass is 262 g/mol. The fourth-order valence-electron chi connectivity index (χ4n) is 1.57. The van der Waals surface area contributed by atoms with E-state index < -0.39 is 0 Å². The summed E-state index contributed by atoms with van der Waals surface area (Å²) in [7, 11) is 0. The predicted octanol–water partition coefficient (Wildman–Crippen LogP) is 2.80. The van der Waals surface area contributed by atoms with Crippen molar-refractivity contribution in [1.29, 1.82) is 0 Å². The van der Waals surface area contributed by atoms with Crippen LogP contribution in [0.1, 0.15) is 32.3 Å². The van der Waals surface area contributed by atoms with Crippen LogP contribution in [0.2, 0.25) is 0 Å². The van der Waals surface area contributed by atoms with Gasteiger partial charge in [0.2, 0.25) is 0 Å². The number of unbranched alkanes of at least 4 members (excludes halogenated alkanes) is 1. The minimum absolute atomic E-state index is 0.212. The van der Waals surface area contributed by atoms with Crippen molar-refractivity contribution < 1.29 is 9.90 Å². The maximum absolute atomic E-state index is 11.5. The third kappa shape index (κ3) is 5.14. The average molecular weight is 262 g/mol. The fraction of sp³-hybridized carbons (Fsp3) is 0.400. The Morgan fingerprint density at radius 2 is 2.16 bits per heavy atom. The van der Waals surface area contributed by atoms with Gasteiger partial charge in [-0.2, -0.15) is 0 Å². The summed E-state index contributed by atoms with van der Waals surface area (Å²) in [5, 5.41) is 15.8. The van der Waals surface area contributed by atoms with E-state index in [2.05, 4.69) is 24.1 Å². The van der Waals surface area contributed by atoms with Gasteiger partial charge in [0.05, 0.1) is 0 Å². The quantitative estimate of drug-likeness (QED) is 0.402. The van der Waals surface area contributed by atoms with Crippen LogP contribution in [-0.2, 0) is 11.3 Å². The van der Waals surface area contributed by atoms with Crippen molar-refractivity contribution in [3.63, 3.8) is 0 Å². The molecule has 0 unspecified atom stereocenters. The molecule has 0 heterocycles. The first kappa shape index (κ1) is 15.2. The third-order valence-electron chi connectivity index (χ3n) is 2.75. The van der Waals surface area contributed by atoms with Crippen LogP contribution < -0.4 is 10.6 Å². The smallest absolute Gasteiger partial charge is 0.250 e. The van der Waals surface area contributed by atoms with Crippen molar-refractivity contribution in [3.05, 3.63) is 35.9 Å². The van der Waals surface area contributed by atoms with E-state index in [1.165, 1.54) is 0 Å². The number of anilines is 1. The number of carbonyl (C=O) groups is 1. The summed E-state index contributed by atoms with van der Waals surface area (Å²) in [4.78, 5) is 11.5. The van der Waals surface area contributed by atoms with E-state index in [0.717, 1.165) is 24.9 Å². The van der Waals surface area contributed by atoms with E-state index in [1.807, 2.05) is 0 Å². The topological polar surface area (TPSA) is 61.4 Å². The molecule has 0 bridgehead atoms. The highest BCUT2D eigenvalue weighted by atomic mass is 16.3. The molecule has 0 saturated heterocycles. The number of phenols is 1. The lowest BCUT2D eigenvalue weighted by atomic mass is 10.1. The largest absolute Gasteiger partial charge is 0.508 e. The highest BCUT2D eigenvalue weighted by Crippen LogP contribution is 2.21. The number of hydrogen-bond acceptors (Lipinski definition) is 3. The van der Waals surface area contributed by atoms with Gasteiger partial charge in [-0.1, -0.05) is 19.9 Å². The lowest BCUT2D eigenvalue weighted by Gasteiger charge is -2.10. The molecule has 4 heteroatoms. The van der Waals surface area contributed by atoms with Crippen LogP contribution in [-0.4, -0.2) is 17.6 Å². The zero-order valence-electron chi connectivity index (χ0n) is 11.6. The molecule has 3 N–H and O–H groups in total. The zero-order valence-corrected chi connectivity index (χ0v) is 11.6. The molecule has 4 nitrogen and oxygen atoms in total. The number of amides is 1. The number of hydrogen-bond donors (Lipinski definition) is 3. The van der Waals surface area contributed by atoms with Crippen molar-refractivity contribution in [3.8, 4) is 5.75 Å². The van der Waals surface area contributed by atoms with Crippen LogP contribution in [0.4, 0.5) is 5.69 Å². The van der Waals surface area contributed by atoms with E-state index in [9.17, 15) is 9.90 Å². The van der Waals surface area contributed by atoms with Crippen LogP contribution in [0.5, 0.6) is 5.75 Å². The Balaban J connectivity index is 2.65. The van der Waals surface area contributed by atoms with Gasteiger partial charge in [-0.3, -0.25) is 4.79 Å². The lowest BCUT2D eigenvalue weighted by Crippen LogP contribution is -2.15. The lowest BCUT2D eigenvalue weighted by molar-refractivity contribution is -0.112. The molecule has 0 fully saturated rings. The molecule has 19 heavy (non-hydrogen) atoms. The summed E-state index contributed by atoms with van der Waals surface area (Å²) < 4.78 is 0. The Hall–Kier alpha value is -1.81. The number of rotatable bonds is 7. The summed E-state index contributed by atoms with van der Waals surface area (Å²) in [6, 6.07) is 5.03. The zero-order chi connectivity index (χ0) is 14.3. The first-order valence-corrected chi connectivity index (χ1v) is 6.54. The molecule has 1 aromatic carbocycles. The minimum Gasteiger partial charge on any atom is -0.508 e. The molecular weight excluding hydrogens is 240 g/mol. The molecule has 0 aliphatic rings. The van der Waals surface area contributed by atoms with Gasteiger partial charge >= 0.3 is 0 Å². The molecule has 0 aliphatic heterocycles. The Labute approximate surface area is 114 Å². The van der Waals surface area contributed by atoms with Gasteiger partial charge in [0, 0.05) is 23.4 Å². The Kier molecular flexibility index (Phi) is 6.09. The highest BCUT2D eigenvalue weighted by molar-refractivity contribution is 6.02. The second kappa shape index (κ2) is 7.59. The van der Waals surface area contributed by atoms with Crippen molar-refractivity contribution in [2.45, 2.75) is 33.2 Å². The number of benzene rings is 1. The van der Waals surface area contributed by atoms with E-state index in [-0.39, 0.29) is 11.7 Å². The summed E-state index contributed by atoms with van der Waals surface area (Å²) in [5.74, 6) is 0.0212. The molecule has 0 spiro atoms. The molecule has 0 atom stereocenters. The third-order valence-corrected chi connectivity index (χ3v) is 2.75. The maximum Gasteiger partial charge on any atom is 0.250 e. The minimum atomic E-state index is -0.212. The van der Waals surface area contributed by atoms with Gasteiger partial charge in [0.25, 0.3) is 5.91 Å². The number of phenolic OH excluding ortho intramolecular Hbond substituents is 1. The highest BCUT2D eigenvalue weighted by Gasteiger charge is 2.06. The number of nitrogens with one attached hydrogen (secondary N) is 2. The molecule has 1 amide bonds. The van der Waals surface area contributed by atoms with E-state index in [4.69, 9.17) is 0 Å². The Morgan fingerprint density at radius 1 is 1.42 bits per heavy atom. The van der Waals surface area contributed by atoms with E-state index in [1.54, 1.807) is 25.1 Å². The van der Waals surface area contributed by atoms with Crippen molar-refractivity contribution in [1.82, 2.24) is 5.32 Å². The maximum atomic E-state index is 11.5. The second-order valence-electron chi connectivity index (χ2n) is 4.61. The Bertz CT molecular complexity index is 455.